The maximum atomic E-state index is 13.5. The maximum absolute atomic E-state index is 13.5. The maximum Gasteiger partial charge on any atom is 0.264 e. The Labute approximate surface area is 219 Å². The predicted molar refractivity (Wildman–Crippen MR) is 146 cm³/mol. The summed E-state index contributed by atoms with van der Waals surface area (Å²) in [5, 5.41) is 2.78. The number of aryl methyl sites for hydroxylation is 1. The smallest absolute Gasteiger partial charge is 0.264 e. The van der Waals surface area contributed by atoms with Gasteiger partial charge in [-0.25, -0.2) is 8.42 Å². The molecule has 0 saturated heterocycles. The van der Waals surface area contributed by atoms with Crippen LogP contribution in [0.4, 0.5) is 11.4 Å². The molecule has 6 nitrogen and oxygen atoms in total. The van der Waals surface area contributed by atoms with Crippen molar-refractivity contribution in [2.75, 3.05) is 16.2 Å². The second-order valence-electron chi connectivity index (χ2n) is 8.15. The standard InChI is InChI=1S/C28H25BrN2O4S/c1-21-10-16-27(17-11-21)36(33,34)31(25-9-5-8-23(29)18-25)19-28(32)30-24-12-14-26(15-13-24)35-20-22-6-3-2-4-7-22/h2-18H,19-20H2,1H3,(H,30,32). The minimum absolute atomic E-state index is 0.112. The molecule has 0 unspecified atom stereocenters. The van der Waals surface area contributed by atoms with Crippen molar-refractivity contribution in [3.05, 3.63) is 119 Å². The quantitative estimate of drug-likeness (QED) is 0.263. The van der Waals surface area contributed by atoms with Gasteiger partial charge in [-0.05, 0) is 67.1 Å². The lowest BCUT2D eigenvalue weighted by atomic mass is 10.2. The first kappa shape index (κ1) is 25.5. The molecule has 0 heterocycles. The van der Waals surface area contributed by atoms with Gasteiger partial charge >= 0.3 is 0 Å². The molecule has 0 bridgehead atoms. The molecule has 0 aromatic heterocycles. The van der Waals surface area contributed by atoms with Crippen molar-refractivity contribution < 1.29 is 17.9 Å². The number of amides is 1. The number of carbonyl (C=O) groups is 1. The summed E-state index contributed by atoms with van der Waals surface area (Å²) in [7, 11) is -3.98. The van der Waals surface area contributed by atoms with Gasteiger partial charge in [-0.15, -0.1) is 0 Å². The third-order valence-electron chi connectivity index (χ3n) is 5.38. The van der Waals surface area contributed by atoms with Crippen LogP contribution in [-0.2, 0) is 21.4 Å². The lowest BCUT2D eigenvalue weighted by Crippen LogP contribution is -2.38. The van der Waals surface area contributed by atoms with Crippen LogP contribution in [0.1, 0.15) is 11.1 Å². The summed E-state index contributed by atoms with van der Waals surface area (Å²) >= 11 is 3.38. The number of ether oxygens (including phenoxy) is 1. The molecule has 4 rings (SSSR count). The monoisotopic (exact) mass is 564 g/mol. The van der Waals surface area contributed by atoms with E-state index in [0.29, 0.717) is 28.2 Å². The van der Waals surface area contributed by atoms with Gasteiger partial charge in [-0.2, -0.15) is 0 Å². The molecule has 8 heteroatoms. The van der Waals surface area contributed by atoms with E-state index in [9.17, 15) is 13.2 Å². The summed E-state index contributed by atoms with van der Waals surface area (Å²) in [6.07, 6.45) is 0. The van der Waals surface area contributed by atoms with E-state index in [1.807, 2.05) is 37.3 Å². The molecule has 0 atom stereocenters. The molecule has 184 valence electrons. The fourth-order valence-electron chi connectivity index (χ4n) is 3.49. The highest BCUT2D eigenvalue weighted by Crippen LogP contribution is 2.27. The molecule has 4 aromatic carbocycles. The molecular formula is C28H25BrN2O4S. The molecule has 0 aliphatic rings. The second-order valence-corrected chi connectivity index (χ2v) is 10.9. The van der Waals surface area contributed by atoms with Crippen molar-refractivity contribution in [3.8, 4) is 5.75 Å². The third-order valence-corrected chi connectivity index (χ3v) is 7.66. The number of benzene rings is 4. The van der Waals surface area contributed by atoms with E-state index in [1.165, 1.54) is 0 Å². The van der Waals surface area contributed by atoms with E-state index < -0.39 is 15.9 Å². The average molecular weight is 565 g/mol. The van der Waals surface area contributed by atoms with Gasteiger partial charge in [0.15, 0.2) is 0 Å². The Bertz CT molecular complexity index is 1420. The molecule has 0 saturated carbocycles. The summed E-state index contributed by atoms with van der Waals surface area (Å²) < 4.78 is 34.6. The average Bonchev–Trinajstić information content (AvgIpc) is 2.88. The second kappa shape index (κ2) is 11.4. The largest absolute Gasteiger partial charge is 0.489 e. The summed E-state index contributed by atoms with van der Waals surface area (Å²) in [4.78, 5) is 13.1. The van der Waals surface area contributed by atoms with Crippen LogP contribution in [0.25, 0.3) is 0 Å². The molecular weight excluding hydrogens is 540 g/mol. The van der Waals surface area contributed by atoms with Crippen LogP contribution in [0, 0.1) is 6.92 Å². The van der Waals surface area contributed by atoms with Gasteiger partial charge < -0.3 is 10.1 Å². The Hall–Kier alpha value is -3.62. The van der Waals surface area contributed by atoms with Crippen molar-refractivity contribution in [3.63, 3.8) is 0 Å². The van der Waals surface area contributed by atoms with Crippen LogP contribution in [0.5, 0.6) is 5.75 Å². The first-order chi connectivity index (χ1) is 17.3. The first-order valence-corrected chi connectivity index (χ1v) is 13.5. The Morgan fingerprint density at radius 1 is 0.889 bits per heavy atom. The number of hydrogen-bond donors (Lipinski definition) is 1. The topological polar surface area (TPSA) is 75.7 Å². The van der Waals surface area contributed by atoms with E-state index in [1.54, 1.807) is 72.8 Å². The van der Waals surface area contributed by atoms with Crippen molar-refractivity contribution >= 4 is 43.2 Å². The summed E-state index contributed by atoms with van der Waals surface area (Å²) in [5.41, 5.74) is 2.91. The highest BCUT2D eigenvalue weighted by molar-refractivity contribution is 9.10. The highest BCUT2D eigenvalue weighted by atomic mass is 79.9. The first-order valence-electron chi connectivity index (χ1n) is 11.2. The zero-order chi connectivity index (χ0) is 25.5. The zero-order valence-corrected chi connectivity index (χ0v) is 22.0. The van der Waals surface area contributed by atoms with Gasteiger partial charge in [0.05, 0.1) is 10.6 Å². The normalized spacial score (nSPS) is 11.1. The number of sulfonamides is 1. The highest BCUT2D eigenvalue weighted by Gasteiger charge is 2.27. The molecule has 4 aromatic rings. The van der Waals surface area contributed by atoms with Crippen LogP contribution in [0.3, 0.4) is 0 Å². The number of rotatable bonds is 9. The summed E-state index contributed by atoms with van der Waals surface area (Å²) in [6, 6.07) is 30.2. The van der Waals surface area contributed by atoms with Crippen molar-refractivity contribution in [2.45, 2.75) is 18.4 Å². The van der Waals surface area contributed by atoms with Crippen LogP contribution < -0.4 is 14.4 Å². The fourth-order valence-corrected chi connectivity index (χ4v) is 5.29. The van der Waals surface area contributed by atoms with Gasteiger partial charge in [0.1, 0.15) is 18.9 Å². The number of nitrogens with zero attached hydrogens (tertiary/aromatic N) is 1. The minimum atomic E-state index is -3.98. The van der Waals surface area contributed by atoms with Crippen molar-refractivity contribution in [1.82, 2.24) is 0 Å². The molecule has 36 heavy (non-hydrogen) atoms. The lowest BCUT2D eigenvalue weighted by molar-refractivity contribution is -0.114. The number of halogens is 1. The van der Waals surface area contributed by atoms with E-state index in [2.05, 4.69) is 21.2 Å². The number of anilines is 2. The molecule has 1 amide bonds. The number of carbonyl (C=O) groups excluding carboxylic acids is 1. The Morgan fingerprint density at radius 3 is 2.25 bits per heavy atom. The van der Waals surface area contributed by atoms with Gasteiger partial charge in [0.25, 0.3) is 10.0 Å². The molecule has 0 radical (unpaired) electrons. The van der Waals surface area contributed by atoms with Gasteiger partial charge in [0.2, 0.25) is 5.91 Å². The van der Waals surface area contributed by atoms with Crippen LogP contribution in [0.15, 0.2) is 112 Å². The van der Waals surface area contributed by atoms with Gasteiger partial charge in [-0.1, -0.05) is 70.0 Å². The molecule has 1 N–H and O–H groups in total. The van der Waals surface area contributed by atoms with E-state index in [-0.39, 0.29) is 11.4 Å². The third kappa shape index (κ3) is 6.53. The van der Waals surface area contributed by atoms with Crippen molar-refractivity contribution in [1.29, 1.82) is 0 Å². The zero-order valence-electron chi connectivity index (χ0n) is 19.6. The summed E-state index contributed by atoms with van der Waals surface area (Å²) in [6.45, 7) is 1.93. The Kier molecular flexibility index (Phi) is 8.07. The molecule has 0 aliphatic carbocycles. The number of hydrogen-bond acceptors (Lipinski definition) is 4. The molecule has 0 aliphatic heterocycles. The predicted octanol–water partition coefficient (Wildman–Crippen LogP) is 6.17. The SMILES string of the molecule is Cc1ccc(S(=O)(=O)N(CC(=O)Nc2ccc(OCc3ccccc3)cc2)c2cccc(Br)c2)cc1. The van der Waals surface area contributed by atoms with Gasteiger partial charge in [-0.3, -0.25) is 9.10 Å². The number of nitrogens with one attached hydrogen (secondary N) is 1. The van der Waals surface area contributed by atoms with Gasteiger partial charge in [0, 0.05) is 10.2 Å². The van der Waals surface area contributed by atoms with E-state index in [0.717, 1.165) is 15.4 Å². The van der Waals surface area contributed by atoms with Crippen molar-refractivity contribution in [2.24, 2.45) is 0 Å². The summed E-state index contributed by atoms with van der Waals surface area (Å²) in [5.74, 6) is 0.193. The van der Waals surface area contributed by atoms with Crippen LogP contribution in [0.2, 0.25) is 0 Å². The lowest BCUT2D eigenvalue weighted by Gasteiger charge is -2.24. The fraction of sp³-hybridized carbons (Fsp3) is 0.107. The minimum Gasteiger partial charge on any atom is -0.489 e. The van der Waals surface area contributed by atoms with Crippen LogP contribution in [-0.4, -0.2) is 20.9 Å². The Morgan fingerprint density at radius 2 is 1.58 bits per heavy atom. The molecule has 0 spiro atoms. The van der Waals surface area contributed by atoms with E-state index in [4.69, 9.17) is 4.74 Å². The van der Waals surface area contributed by atoms with E-state index >= 15 is 0 Å². The Balaban J connectivity index is 1.48. The van der Waals surface area contributed by atoms with Crippen LogP contribution >= 0.6 is 15.9 Å². The molecule has 0 fully saturated rings.